The number of benzene rings is 1. The van der Waals surface area contributed by atoms with Crippen LogP contribution in [0.2, 0.25) is 0 Å². The van der Waals surface area contributed by atoms with Gasteiger partial charge in [-0.15, -0.1) is 0 Å². The predicted octanol–water partition coefficient (Wildman–Crippen LogP) is 4.19. The van der Waals surface area contributed by atoms with Gasteiger partial charge in [-0.3, -0.25) is 0 Å². The van der Waals surface area contributed by atoms with Gasteiger partial charge in [-0.05, 0) is 59.5 Å². The van der Waals surface area contributed by atoms with E-state index in [1.165, 1.54) is 33.2 Å². The van der Waals surface area contributed by atoms with Crippen LogP contribution in [0, 0.1) is 3.57 Å². The van der Waals surface area contributed by atoms with Gasteiger partial charge in [0.2, 0.25) is 0 Å². The summed E-state index contributed by atoms with van der Waals surface area (Å²) in [6.45, 7) is 2.16. The van der Waals surface area contributed by atoms with Gasteiger partial charge in [-0.25, -0.2) is 9.97 Å². The molecule has 1 fully saturated rings. The Hall–Kier alpha value is -0.970. The summed E-state index contributed by atoms with van der Waals surface area (Å²) in [7, 11) is 0. The molecule has 0 unspecified atom stereocenters. The van der Waals surface area contributed by atoms with Crippen LogP contribution in [0.15, 0.2) is 30.5 Å². The van der Waals surface area contributed by atoms with Crippen molar-refractivity contribution in [3.8, 4) is 11.1 Å². The van der Waals surface area contributed by atoms with E-state index < -0.39 is 0 Å². The Bertz CT molecular complexity index is 559. The molecule has 1 aliphatic carbocycles. The van der Waals surface area contributed by atoms with E-state index in [1.807, 2.05) is 6.20 Å². The number of rotatable bonds is 3. The van der Waals surface area contributed by atoms with Crippen molar-refractivity contribution in [3.63, 3.8) is 0 Å². The second-order valence-electron chi connectivity index (χ2n) is 4.72. The van der Waals surface area contributed by atoms with E-state index in [2.05, 4.69) is 58.8 Å². The minimum absolute atomic E-state index is 0.626. The van der Waals surface area contributed by atoms with Crippen molar-refractivity contribution in [1.29, 1.82) is 0 Å². The van der Waals surface area contributed by atoms with Crippen LogP contribution in [0.5, 0.6) is 0 Å². The van der Waals surface area contributed by atoms with Gasteiger partial charge in [0.1, 0.15) is 5.82 Å². The van der Waals surface area contributed by atoms with Gasteiger partial charge in [-0.2, -0.15) is 0 Å². The van der Waals surface area contributed by atoms with Crippen molar-refractivity contribution in [2.45, 2.75) is 32.1 Å². The fourth-order valence-electron chi connectivity index (χ4n) is 2.11. The zero-order valence-electron chi connectivity index (χ0n) is 10.4. The molecule has 0 atom stereocenters. The van der Waals surface area contributed by atoms with Crippen molar-refractivity contribution in [3.05, 3.63) is 45.6 Å². The zero-order valence-corrected chi connectivity index (χ0v) is 12.5. The summed E-state index contributed by atoms with van der Waals surface area (Å²) in [5.74, 6) is 1.67. The van der Waals surface area contributed by atoms with E-state index in [0.29, 0.717) is 5.92 Å². The van der Waals surface area contributed by atoms with Gasteiger partial charge in [0.25, 0.3) is 0 Å². The van der Waals surface area contributed by atoms with Crippen molar-refractivity contribution in [2.24, 2.45) is 0 Å². The SMILES string of the molecule is CCc1nc(C2CC2)ncc1-c1ccc(I)cc1. The number of hydrogen-bond acceptors (Lipinski definition) is 2. The van der Waals surface area contributed by atoms with Gasteiger partial charge < -0.3 is 0 Å². The van der Waals surface area contributed by atoms with Crippen molar-refractivity contribution in [2.75, 3.05) is 0 Å². The average molecular weight is 350 g/mol. The maximum Gasteiger partial charge on any atom is 0.131 e. The molecule has 1 saturated carbocycles. The number of aryl methyl sites for hydroxylation is 1. The Morgan fingerprint density at radius 3 is 2.56 bits per heavy atom. The van der Waals surface area contributed by atoms with Crippen LogP contribution >= 0.6 is 22.6 Å². The molecule has 0 radical (unpaired) electrons. The number of aromatic nitrogens is 2. The van der Waals surface area contributed by atoms with Gasteiger partial charge in [0.15, 0.2) is 0 Å². The van der Waals surface area contributed by atoms with Crippen LogP contribution in [-0.2, 0) is 6.42 Å². The summed E-state index contributed by atoms with van der Waals surface area (Å²) in [5, 5.41) is 0. The summed E-state index contributed by atoms with van der Waals surface area (Å²) < 4.78 is 1.25. The van der Waals surface area contributed by atoms with Crippen LogP contribution in [0.3, 0.4) is 0 Å². The number of nitrogens with zero attached hydrogens (tertiary/aromatic N) is 2. The fourth-order valence-corrected chi connectivity index (χ4v) is 2.47. The fraction of sp³-hybridized carbons (Fsp3) is 0.333. The first kappa shape index (κ1) is 12.1. The molecule has 0 spiro atoms. The molecule has 1 aliphatic rings. The molecule has 0 bridgehead atoms. The van der Waals surface area contributed by atoms with Crippen LogP contribution in [0.1, 0.15) is 37.2 Å². The van der Waals surface area contributed by atoms with E-state index in [1.54, 1.807) is 0 Å². The van der Waals surface area contributed by atoms with E-state index in [9.17, 15) is 0 Å². The second-order valence-corrected chi connectivity index (χ2v) is 5.97. The highest BCUT2D eigenvalue weighted by Gasteiger charge is 2.27. The average Bonchev–Trinajstić information content (AvgIpc) is 3.23. The zero-order chi connectivity index (χ0) is 12.5. The Morgan fingerprint density at radius 2 is 1.94 bits per heavy atom. The molecule has 2 nitrogen and oxygen atoms in total. The highest BCUT2D eigenvalue weighted by atomic mass is 127. The molecule has 3 heteroatoms. The lowest BCUT2D eigenvalue weighted by Crippen LogP contribution is -2.00. The quantitative estimate of drug-likeness (QED) is 0.776. The minimum Gasteiger partial charge on any atom is -0.240 e. The van der Waals surface area contributed by atoms with E-state index >= 15 is 0 Å². The highest BCUT2D eigenvalue weighted by molar-refractivity contribution is 14.1. The molecule has 0 N–H and O–H groups in total. The Balaban J connectivity index is 2.02. The molecule has 0 aliphatic heterocycles. The topological polar surface area (TPSA) is 25.8 Å². The second kappa shape index (κ2) is 4.96. The molecule has 2 aromatic rings. The first-order valence-corrected chi connectivity index (χ1v) is 7.47. The molecule has 0 saturated heterocycles. The molecule has 0 amide bonds. The summed E-state index contributed by atoms with van der Waals surface area (Å²) in [4.78, 5) is 9.27. The lowest BCUT2D eigenvalue weighted by molar-refractivity contribution is 0.881. The molecular weight excluding hydrogens is 335 g/mol. The normalized spacial score (nSPS) is 14.8. The third kappa shape index (κ3) is 2.41. The highest BCUT2D eigenvalue weighted by Crippen LogP contribution is 2.38. The monoisotopic (exact) mass is 350 g/mol. The van der Waals surface area contributed by atoms with E-state index in [-0.39, 0.29) is 0 Å². The lowest BCUT2D eigenvalue weighted by Gasteiger charge is -2.08. The standard InChI is InChI=1S/C15H15IN2/c1-2-14-13(10-5-7-12(16)8-6-10)9-17-15(18-14)11-3-4-11/h5-9,11H,2-4H2,1H3. The summed E-state index contributed by atoms with van der Waals surface area (Å²) in [6, 6.07) is 8.56. The molecule has 3 rings (SSSR count). The van der Waals surface area contributed by atoms with Gasteiger partial charge in [0.05, 0.1) is 5.69 Å². The van der Waals surface area contributed by atoms with Gasteiger partial charge >= 0.3 is 0 Å². The van der Waals surface area contributed by atoms with Gasteiger partial charge in [0, 0.05) is 21.2 Å². The van der Waals surface area contributed by atoms with Crippen LogP contribution < -0.4 is 0 Å². The maximum absolute atomic E-state index is 4.74. The molecular formula is C15H15IN2. The first-order chi connectivity index (χ1) is 8.78. The Kier molecular flexibility index (Phi) is 3.33. The van der Waals surface area contributed by atoms with Crippen LogP contribution in [-0.4, -0.2) is 9.97 Å². The van der Waals surface area contributed by atoms with E-state index in [4.69, 9.17) is 4.98 Å². The van der Waals surface area contributed by atoms with Crippen molar-refractivity contribution in [1.82, 2.24) is 9.97 Å². The minimum atomic E-state index is 0.626. The molecule has 1 aromatic carbocycles. The lowest BCUT2D eigenvalue weighted by atomic mass is 10.0. The van der Waals surface area contributed by atoms with Gasteiger partial charge in [-0.1, -0.05) is 19.1 Å². The molecule has 18 heavy (non-hydrogen) atoms. The predicted molar refractivity (Wildman–Crippen MR) is 81.5 cm³/mol. The van der Waals surface area contributed by atoms with Crippen LogP contribution in [0.4, 0.5) is 0 Å². The molecule has 1 aromatic heterocycles. The third-order valence-corrected chi connectivity index (χ3v) is 4.04. The van der Waals surface area contributed by atoms with E-state index in [0.717, 1.165) is 12.2 Å². The molecule has 1 heterocycles. The summed E-state index contributed by atoms with van der Waals surface area (Å²) in [6.07, 6.45) is 5.48. The summed E-state index contributed by atoms with van der Waals surface area (Å²) in [5.41, 5.74) is 3.57. The Labute approximate surface area is 121 Å². The number of hydrogen-bond donors (Lipinski definition) is 0. The van der Waals surface area contributed by atoms with Crippen LogP contribution in [0.25, 0.3) is 11.1 Å². The maximum atomic E-state index is 4.74. The smallest absolute Gasteiger partial charge is 0.131 e. The number of halogens is 1. The Morgan fingerprint density at radius 1 is 1.22 bits per heavy atom. The first-order valence-electron chi connectivity index (χ1n) is 6.39. The largest absolute Gasteiger partial charge is 0.240 e. The molecule has 92 valence electrons. The van der Waals surface area contributed by atoms with Crippen molar-refractivity contribution >= 4 is 22.6 Å². The third-order valence-electron chi connectivity index (χ3n) is 3.32. The van der Waals surface area contributed by atoms with Crippen molar-refractivity contribution < 1.29 is 0 Å². The summed E-state index contributed by atoms with van der Waals surface area (Å²) >= 11 is 2.32.